The zero-order chi connectivity index (χ0) is 31.0. The molecule has 1 aliphatic heterocycles. The van der Waals surface area contributed by atoms with Crippen molar-refractivity contribution in [2.75, 3.05) is 13.2 Å². The lowest BCUT2D eigenvalue weighted by atomic mass is 9.94. The molecule has 2 aromatic carbocycles. The molecule has 0 saturated carbocycles. The highest BCUT2D eigenvalue weighted by Gasteiger charge is 2.34. The summed E-state index contributed by atoms with van der Waals surface area (Å²) in [6.45, 7) is 8.98. The average molecular weight is 603 g/mol. The van der Waals surface area contributed by atoms with Crippen LogP contribution < -0.4 is 14.9 Å². The van der Waals surface area contributed by atoms with E-state index in [2.05, 4.69) is 4.99 Å². The number of aromatic nitrogens is 2. The molecule has 0 amide bonds. The largest absolute Gasteiger partial charge is 0.465 e. The number of benzene rings is 2. The van der Waals surface area contributed by atoms with Crippen molar-refractivity contribution in [2.45, 2.75) is 47.2 Å². The van der Waals surface area contributed by atoms with Gasteiger partial charge in [0.1, 0.15) is 6.54 Å². The number of nitrogens with zero attached hydrogens (tertiary/aromatic N) is 4. The fraction of sp³-hybridized carbons (Fsp3) is 0.290. The number of hydrogen-bond donors (Lipinski definition) is 0. The Bertz CT molecular complexity index is 2020. The molecule has 222 valence electrons. The first kappa shape index (κ1) is 29.6. The molecule has 0 bridgehead atoms. The van der Waals surface area contributed by atoms with Crippen molar-refractivity contribution in [3.63, 3.8) is 0 Å². The number of rotatable bonds is 8. The number of fused-ring (bicyclic) bond motifs is 2. The predicted octanol–water partition coefficient (Wildman–Crippen LogP) is 3.84. The van der Waals surface area contributed by atoms with Crippen LogP contribution in [0.15, 0.2) is 63.5 Å². The van der Waals surface area contributed by atoms with E-state index in [1.165, 1.54) is 10.6 Å². The topological polar surface area (TPSA) is 135 Å². The van der Waals surface area contributed by atoms with Gasteiger partial charge in [-0.25, -0.2) is 9.79 Å². The van der Waals surface area contributed by atoms with E-state index in [0.29, 0.717) is 26.2 Å². The van der Waals surface area contributed by atoms with Crippen LogP contribution in [0.4, 0.5) is 5.69 Å². The van der Waals surface area contributed by atoms with Gasteiger partial charge in [-0.1, -0.05) is 41.7 Å². The van der Waals surface area contributed by atoms with Gasteiger partial charge in [0.25, 0.3) is 11.2 Å². The smallest absolute Gasteiger partial charge is 0.338 e. The molecule has 3 heterocycles. The second-order valence-electron chi connectivity index (χ2n) is 10.0. The van der Waals surface area contributed by atoms with Crippen LogP contribution >= 0.6 is 11.3 Å². The first-order valence-electron chi connectivity index (χ1n) is 13.7. The second-order valence-corrected chi connectivity index (χ2v) is 11.0. The highest BCUT2D eigenvalue weighted by molar-refractivity contribution is 7.07. The lowest BCUT2D eigenvalue weighted by Crippen LogP contribution is -2.40. The van der Waals surface area contributed by atoms with Crippen LogP contribution in [0.5, 0.6) is 0 Å². The molecule has 1 aliphatic rings. The van der Waals surface area contributed by atoms with Crippen molar-refractivity contribution in [2.24, 2.45) is 4.99 Å². The minimum absolute atomic E-state index is 0.0174. The Hall–Kier alpha value is -4.84. The maximum atomic E-state index is 14.1. The van der Waals surface area contributed by atoms with Gasteiger partial charge in [0.15, 0.2) is 4.80 Å². The van der Waals surface area contributed by atoms with Crippen LogP contribution in [-0.2, 0) is 25.6 Å². The summed E-state index contributed by atoms with van der Waals surface area (Å²) in [5.74, 6) is -1.02. The third-order valence-electron chi connectivity index (χ3n) is 7.41. The quantitative estimate of drug-likeness (QED) is 0.170. The Morgan fingerprint density at radius 2 is 1.81 bits per heavy atom. The van der Waals surface area contributed by atoms with Crippen molar-refractivity contribution in [3.8, 4) is 0 Å². The first-order valence-corrected chi connectivity index (χ1v) is 14.6. The SMILES string of the molecule is CCOC(=O)Cn1c(C)c(/C=c2/sc3n(c2=O)[C@@H](c2ccc(C)c([N+](=O)[O-])c2)C(C(=O)OCC)=C(C)N=3)c2ccccc21. The molecule has 0 spiro atoms. The summed E-state index contributed by atoms with van der Waals surface area (Å²) >= 11 is 1.16. The number of allylic oxidation sites excluding steroid dienone is 1. The number of carbonyl (C=O) groups excluding carboxylic acids is 2. The summed E-state index contributed by atoms with van der Waals surface area (Å²) in [6.07, 6.45) is 1.77. The highest BCUT2D eigenvalue weighted by Crippen LogP contribution is 2.33. The van der Waals surface area contributed by atoms with Gasteiger partial charge < -0.3 is 14.0 Å². The molecule has 0 radical (unpaired) electrons. The molecule has 1 atom stereocenters. The monoisotopic (exact) mass is 602 g/mol. The third-order valence-corrected chi connectivity index (χ3v) is 8.39. The van der Waals surface area contributed by atoms with E-state index >= 15 is 0 Å². The van der Waals surface area contributed by atoms with Crippen molar-refractivity contribution in [3.05, 3.63) is 106 Å². The highest BCUT2D eigenvalue weighted by atomic mass is 32.1. The fourth-order valence-corrected chi connectivity index (χ4v) is 6.44. The molecule has 11 nitrogen and oxygen atoms in total. The van der Waals surface area contributed by atoms with Crippen LogP contribution in [0.2, 0.25) is 0 Å². The minimum Gasteiger partial charge on any atom is -0.465 e. The molecule has 4 aromatic rings. The molecule has 12 heteroatoms. The zero-order valence-electron chi connectivity index (χ0n) is 24.4. The van der Waals surface area contributed by atoms with Gasteiger partial charge >= 0.3 is 11.9 Å². The molecular formula is C31H30N4O7S. The van der Waals surface area contributed by atoms with E-state index in [9.17, 15) is 24.5 Å². The van der Waals surface area contributed by atoms with Gasteiger partial charge in [0.05, 0.1) is 40.0 Å². The molecule has 0 N–H and O–H groups in total. The predicted molar refractivity (Wildman–Crippen MR) is 162 cm³/mol. The van der Waals surface area contributed by atoms with Gasteiger partial charge in [0.2, 0.25) is 0 Å². The summed E-state index contributed by atoms with van der Waals surface area (Å²) in [5, 5.41) is 12.6. The summed E-state index contributed by atoms with van der Waals surface area (Å²) in [4.78, 5) is 55.9. The van der Waals surface area contributed by atoms with Crippen molar-refractivity contribution in [1.29, 1.82) is 0 Å². The van der Waals surface area contributed by atoms with Crippen LogP contribution in [0, 0.1) is 24.0 Å². The van der Waals surface area contributed by atoms with Crippen molar-refractivity contribution >= 4 is 45.9 Å². The summed E-state index contributed by atoms with van der Waals surface area (Å²) < 4.78 is 14.1. The van der Waals surface area contributed by atoms with E-state index in [0.717, 1.165) is 33.5 Å². The molecule has 0 aliphatic carbocycles. The number of thiazole rings is 1. The van der Waals surface area contributed by atoms with Crippen molar-refractivity contribution in [1.82, 2.24) is 9.13 Å². The molecule has 0 unspecified atom stereocenters. The zero-order valence-corrected chi connectivity index (χ0v) is 25.2. The molecule has 2 aromatic heterocycles. The Labute approximate surface area is 250 Å². The maximum Gasteiger partial charge on any atom is 0.338 e. The van der Waals surface area contributed by atoms with E-state index in [1.807, 2.05) is 35.8 Å². The first-order chi connectivity index (χ1) is 20.6. The lowest BCUT2D eigenvalue weighted by molar-refractivity contribution is -0.385. The second kappa shape index (κ2) is 11.8. The molecule has 5 rings (SSSR count). The Balaban J connectivity index is 1.75. The average Bonchev–Trinajstić information content (AvgIpc) is 3.41. The number of ether oxygens (including phenoxy) is 2. The van der Waals surface area contributed by atoms with Crippen LogP contribution in [0.3, 0.4) is 0 Å². The minimum atomic E-state index is -0.983. The van der Waals surface area contributed by atoms with Crippen LogP contribution in [0.1, 0.15) is 49.2 Å². The normalized spacial score (nSPS) is 14.9. The van der Waals surface area contributed by atoms with E-state index < -0.39 is 22.5 Å². The standard InChI is InChI=1S/C31H30N4O7S/c1-6-41-26(36)16-33-19(5)22(21-10-8-9-11-23(21)33)15-25-29(37)34-28(20-13-12-17(3)24(14-20)35(39)40)27(30(38)42-7-2)18(4)32-31(34)43-25/h8-15,28H,6-7,16H2,1-5H3/b25-15+/t28-/m0/s1. The summed E-state index contributed by atoms with van der Waals surface area (Å²) in [5.41, 5.74) is 3.16. The third kappa shape index (κ3) is 5.29. The van der Waals surface area contributed by atoms with Gasteiger partial charge in [-0.05, 0) is 52.3 Å². The summed E-state index contributed by atoms with van der Waals surface area (Å²) in [6, 6.07) is 11.3. The van der Waals surface area contributed by atoms with Crippen LogP contribution in [0.25, 0.3) is 17.0 Å². The lowest BCUT2D eigenvalue weighted by Gasteiger charge is -2.24. The number of carbonyl (C=O) groups is 2. The molecule has 43 heavy (non-hydrogen) atoms. The van der Waals surface area contributed by atoms with E-state index in [4.69, 9.17) is 9.47 Å². The van der Waals surface area contributed by atoms with Gasteiger partial charge in [-0.3, -0.25) is 24.3 Å². The Morgan fingerprint density at radius 3 is 2.51 bits per heavy atom. The Morgan fingerprint density at radius 1 is 1.09 bits per heavy atom. The number of hydrogen-bond acceptors (Lipinski definition) is 9. The molecule has 0 saturated heterocycles. The number of nitro groups is 1. The Kier molecular flexibility index (Phi) is 8.14. The van der Waals surface area contributed by atoms with Crippen molar-refractivity contribution < 1.29 is 24.0 Å². The van der Waals surface area contributed by atoms with Gasteiger partial charge in [-0.15, -0.1) is 0 Å². The number of esters is 2. The van der Waals surface area contributed by atoms with E-state index in [1.54, 1.807) is 45.9 Å². The number of para-hydroxylation sites is 1. The molecule has 0 fully saturated rings. The number of nitro benzene ring substituents is 1. The fourth-order valence-electron chi connectivity index (χ4n) is 5.41. The summed E-state index contributed by atoms with van der Waals surface area (Å²) in [7, 11) is 0. The molecular weight excluding hydrogens is 572 g/mol. The van der Waals surface area contributed by atoms with Gasteiger partial charge in [-0.2, -0.15) is 0 Å². The van der Waals surface area contributed by atoms with Crippen LogP contribution in [-0.4, -0.2) is 39.2 Å². The van der Waals surface area contributed by atoms with E-state index in [-0.39, 0.29) is 37.0 Å². The maximum absolute atomic E-state index is 14.1. The number of aryl methyl sites for hydroxylation is 1. The van der Waals surface area contributed by atoms with Gasteiger partial charge in [0, 0.05) is 33.8 Å².